The third-order valence-corrected chi connectivity index (χ3v) is 2.91. The highest BCUT2D eigenvalue weighted by molar-refractivity contribution is 5.82. The second-order valence-corrected chi connectivity index (χ2v) is 3.95. The molecule has 0 aromatic heterocycles. The van der Waals surface area contributed by atoms with Gasteiger partial charge in [-0.25, -0.2) is 0 Å². The fourth-order valence-corrected chi connectivity index (χ4v) is 1.76. The minimum absolute atomic E-state index is 0.0543. The van der Waals surface area contributed by atoms with Crippen LogP contribution in [0, 0.1) is 5.92 Å². The molecule has 1 saturated heterocycles. The van der Waals surface area contributed by atoms with Crippen LogP contribution in [0.5, 0.6) is 0 Å². The summed E-state index contributed by atoms with van der Waals surface area (Å²) < 4.78 is 0. The lowest BCUT2D eigenvalue weighted by atomic mass is 9.96. The molecular weight excluding hydrogens is 196 g/mol. The maximum absolute atomic E-state index is 11.7. The summed E-state index contributed by atoms with van der Waals surface area (Å²) in [4.78, 5) is 24.0. The summed E-state index contributed by atoms with van der Waals surface area (Å²) in [5.74, 6) is -1.12. The number of hydrogen-bond donors (Lipinski definition) is 2. The Bertz CT molecular complexity index is 247. The van der Waals surface area contributed by atoms with Gasteiger partial charge in [0.2, 0.25) is 5.91 Å². The number of aliphatic carboxylic acids is 1. The Morgan fingerprint density at radius 1 is 1.47 bits per heavy atom. The van der Waals surface area contributed by atoms with Crippen molar-refractivity contribution >= 4 is 11.9 Å². The van der Waals surface area contributed by atoms with Crippen LogP contribution in [0.15, 0.2) is 0 Å². The number of carbonyl (C=O) groups is 2. The van der Waals surface area contributed by atoms with Crippen molar-refractivity contribution in [1.29, 1.82) is 0 Å². The topological polar surface area (TPSA) is 83.6 Å². The van der Waals surface area contributed by atoms with Crippen molar-refractivity contribution in [3.05, 3.63) is 0 Å². The molecule has 1 fully saturated rings. The number of rotatable bonds is 3. The number of piperidine rings is 1. The first-order valence-electron chi connectivity index (χ1n) is 5.33. The molecule has 0 spiro atoms. The number of hydrogen-bond acceptors (Lipinski definition) is 3. The molecule has 0 aliphatic carbocycles. The lowest BCUT2D eigenvalue weighted by Gasteiger charge is -2.31. The Morgan fingerprint density at radius 3 is 2.40 bits per heavy atom. The fourth-order valence-electron chi connectivity index (χ4n) is 1.76. The Labute approximate surface area is 89.2 Å². The normalized spacial score (nSPS) is 20.0. The van der Waals surface area contributed by atoms with Gasteiger partial charge in [-0.1, -0.05) is 6.92 Å². The Morgan fingerprint density at radius 2 is 2.00 bits per heavy atom. The number of likely N-dealkylation sites (tertiary alicyclic amines) is 1. The van der Waals surface area contributed by atoms with E-state index in [0.29, 0.717) is 32.4 Å². The number of carboxylic acids is 1. The van der Waals surface area contributed by atoms with Crippen LogP contribution in [0.1, 0.15) is 26.2 Å². The van der Waals surface area contributed by atoms with Crippen LogP contribution in [-0.4, -0.2) is 41.0 Å². The first-order chi connectivity index (χ1) is 7.06. The first-order valence-corrected chi connectivity index (χ1v) is 5.33. The minimum atomic E-state index is -0.762. The van der Waals surface area contributed by atoms with Crippen LogP contribution >= 0.6 is 0 Å². The summed E-state index contributed by atoms with van der Waals surface area (Å²) in [6.45, 7) is 2.90. The summed E-state index contributed by atoms with van der Waals surface area (Å²) in [6.07, 6.45) is 1.70. The largest absolute Gasteiger partial charge is 0.481 e. The highest BCUT2D eigenvalue weighted by Gasteiger charge is 2.28. The molecule has 1 amide bonds. The highest BCUT2D eigenvalue weighted by atomic mass is 16.4. The van der Waals surface area contributed by atoms with Crippen LogP contribution < -0.4 is 5.73 Å². The van der Waals surface area contributed by atoms with E-state index in [4.69, 9.17) is 10.8 Å². The molecule has 0 saturated carbocycles. The van der Waals surface area contributed by atoms with Crippen molar-refractivity contribution in [1.82, 2.24) is 4.90 Å². The number of carboxylic acid groups (broad SMARTS) is 1. The molecule has 0 bridgehead atoms. The van der Waals surface area contributed by atoms with Crippen molar-refractivity contribution < 1.29 is 14.7 Å². The van der Waals surface area contributed by atoms with E-state index in [2.05, 4.69) is 0 Å². The van der Waals surface area contributed by atoms with E-state index in [-0.39, 0.29) is 11.8 Å². The molecule has 0 aromatic carbocycles. The zero-order valence-electron chi connectivity index (χ0n) is 8.98. The van der Waals surface area contributed by atoms with Gasteiger partial charge in [0.25, 0.3) is 0 Å². The Kier molecular flexibility index (Phi) is 4.08. The van der Waals surface area contributed by atoms with Crippen LogP contribution in [0.4, 0.5) is 0 Å². The first kappa shape index (κ1) is 12.0. The third-order valence-electron chi connectivity index (χ3n) is 2.91. The van der Waals surface area contributed by atoms with E-state index < -0.39 is 12.0 Å². The van der Waals surface area contributed by atoms with Gasteiger partial charge in [-0.05, 0) is 19.3 Å². The molecule has 3 N–H and O–H groups in total. The molecule has 1 aliphatic rings. The molecule has 86 valence electrons. The van der Waals surface area contributed by atoms with E-state index in [9.17, 15) is 9.59 Å². The molecule has 1 atom stereocenters. The van der Waals surface area contributed by atoms with Crippen LogP contribution in [0.2, 0.25) is 0 Å². The van der Waals surface area contributed by atoms with E-state index >= 15 is 0 Å². The van der Waals surface area contributed by atoms with Crippen molar-refractivity contribution in [3.8, 4) is 0 Å². The Hall–Kier alpha value is -1.10. The van der Waals surface area contributed by atoms with Crippen LogP contribution in [0.3, 0.4) is 0 Å². The number of carbonyl (C=O) groups excluding carboxylic acids is 1. The van der Waals surface area contributed by atoms with E-state index in [1.807, 2.05) is 6.92 Å². The van der Waals surface area contributed by atoms with Gasteiger partial charge in [-0.3, -0.25) is 9.59 Å². The molecule has 1 aliphatic heterocycles. The molecule has 0 aromatic rings. The quantitative estimate of drug-likeness (QED) is 0.695. The molecule has 1 heterocycles. The van der Waals surface area contributed by atoms with E-state index in [0.717, 1.165) is 0 Å². The third kappa shape index (κ3) is 2.92. The smallest absolute Gasteiger partial charge is 0.306 e. The predicted octanol–water partition coefficient (Wildman–Crippen LogP) is 0.0469. The van der Waals surface area contributed by atoms with Crippen LogP contribution in [-0.2, 0) is 9.59 Å². The Balaban J connectivity index is 2.43. The zero-order chi connectivity index (χ0) is 11.4. The van der Waals surface area contributed by atoms with Crippen LogP contribution in [0.25, 0.3) is 0 Å². The number of nitrogens with zero attached hydrogens (tertiary/aromatic N) is 1. The van der Waals surface area contributed by atoms with Gasteiger partial charge in [0.15, 0.2) is 0 Å². The summed E-state index contributed by atoms with van der Waals surface area (Å²) in [5, 5.41) is 8.79. The van der Waals surface area contributed by atoms with Crippen molar-refractivity contribution in [2.24, 2.45) is 11.7 Å². The number of nitrogens with two attached hydrogens (primary N) is 1. The molecule has 0 unspecified atom stereocenters. The lowest BCUT2D eigenvalue weighted by molar-refractivity contribution is -0.146. The monoisotopic (exact) mass is 214 g/mol. The van der Waals surface area contributed by atoms with Crippen molar-refractivity contribution in [3.63, 3.8) is 0 Å². The summed E-state index contributed by atoms with van der Waals surface area (Å²) >= 11 is 0. The fraction of sp³-hybridized carbons (Fsp3) is 0.800. The van der Waals surface area contributed by atoms with Gasteiger partial charge >= 0.3 is 5.97 Å². The van der Waals surface area contributed by atoms with Gasteiger partial charge in [0.05, 0.1) is 12.0 Å². The second-order valence-electron chi connectivity index (χ2n) is 3.95. The SMILES string of the molecule is CC[C@H](N)C(=O)N1CCC(C(=O)O)CC1. The zero-order valence-corrected chi connectivity index (χ0v) is 8.98. The standard InChI is InChI=1S/C10H18N2O3/c1-2-8(11)9(13)12-5-3-7(4-6-12)10(14)15/h7-8H,2-6,11H2,1H3,(H,14,15)/t8-/m0/s1. The second kappa shape index (κ2) is 5.11. The molecule has 5 nitrogen and oxygen atoms in total. The van der Waals surface area contributed by atoms with E-state index in [1.165, 1.54) is 0 Å². The van der Waals surface area contributed by atoms with Gasteiger partial charge in [0.1, 0.15) is 0 Å². The van der Waals surface area contributed by atoms with Gasteiger partial charge in [-0.15, -0.1) is 0 Å². The molecular formula is C10H18N2O3. The van der Waals surface area contributed by atoms with Gasteiger partial charge in [0, 0.05) is 13.1 Å². The highest BCUT2D eigenvalue weighted by Crippen LogP contribution is 2.17. The minimum Gasteiger partial charge on any atom is -0.481 e. The molecule has 0 radical (unpaired) electrons. The average molecular weight is 214 g/mol. The predicted molar refractivity (Wildman–Crippen MR) is 55.2 cm³/mol. The van der Waals surface area contributed by atoms with E-state index in [1.54, 1.807) is 4.90 Å². The van der Waals surface area contributed by atoms with Gasteiger partial charge < -0.3 is 15.7 Å². The summed E-state index contributed by atoms with van der Waals surface area (Å²) in [6, 6.07) is -0.439. The van der Waals surface area contributed by atoms with Gasteiger partial charge in [-0.2, -0.15) is 0 Å². The maximum atomic E-state index is 11.7. The van der Waals surface area contributed by atoms with Crippen molar-refractivity contribution in [2.45, 2.75) is 32.2 Å². The summed E-state index contributed by atoms with van der Waals surface area (Å²) in [7, 11) is 0. The molecule has 1 rings (SSSR count). The maximum Gasteiger partial charge on any atom is 0.306 e. The number of amides is 1. The van der Waals surface area contributed by atoms with Crippen molar-refractivity contribution in [2.75, 3.05) is 13.1 Å². The lowest BCUT2D eigenvalue weighted by Crippen LogP contribution is -2.47. The molecule has 5 heteroatoms. The molecule has 15 heavy (non-hydrogen) atoms. The summed E-state index contributed by atoms with van der Waals surface area (Å²) in [5.41, 5.74) is 5.63. The average Bonchev–Trinajstić information content (AvgIpc) is 2.27.